The first kappa shape index (κ1) is 14.4. The van der Waals surface area contributed by atoms with E-state index >= 15 is 0 Å². The molecule has 1 aromatic heterocycles. The molecule has 1 aliphatic heterocycles. The minimum atomic E-state index is -3.08. The van der Waals surface area contributed by atoms with Crippen LogP contribution >= 0.6 is 0 Å². The second-order valence-corrected chi connectivity index (χ2v) is 7.30. The Kier molecular flexibility index (Phi) is 4.54. The SMILES string of the molecule is CN(C)S(=O)(=O)CCCN[C@@H]1CCc2ncnn2C1. The third-order valence-corrected chi connectivity index (χ3v) is 5.29. The summed E-state index contributed by atoms with van der Waals surface area (Å²) in [6.45, 7) is 1.53. The largest absolute Gasteiger partial charge is 0.312 e. The summed E-state index contributed by atoms with van der Waals surface area (Å²) < 4.78 is 26.4. The molecule has 2 heterocycles. The monoisotopic (exact) mass is 287 g/mol. The first-order chi connectivity index (χ1) is 8.99. The molecule has 0 fully saturated rings. The van der Waals surface area contributed by atoms with E-state index < -0.39 is 10.0 Å². The van der Waals surface area contributed by atoms with Crippen LogP contribution in [0.1, 0.15) is 18.7 Å². The predicted molar refractivity (Wildman–Crippen MR) is 72.2 cm³/mol. The van der Waals surface area contributed by atoms with Crippen molar-refractivity contribution < 1.29 is 8.42 Å². The number of fused-ring (bicyclic) bond motifs is 1. The molecular formula is C11H21N5O2S. The Morgan fingerprint density at radius 1 is 1.53 bits per heavy atom. The van der Waals surface area contributed by atoms with Crippen molar-refractivity contribution in [2.45, 2.75) is 31.8 Å². The van der Waals surface area contributed by atoms with Gasteiger partial charge in [0.1, 0.15) is 12.2 Å². The van der Waals surface area contributed by atoms with Crippen molar-refractivity contribution in [1.29, 1.82) is 0 Å². The number of aryl methyl sites for hydroxylation is 1. The normalized spacial score (nSPS) is 19.6. The topological polar surface area (TPSA) is 80.1 Å². The summed E-state index contributed by atoms with van der Waals surface area (Å²) in [6.07, 6.45) is 4.16. The van der Waals surface area contributed by atoms with Crippen LogP contribution in [0.15, 0.2) is 6.33 Å². The Hall–Kier alpha value is -0.990. The Labute approximate surface area is 114 Å². The van der Waals surface area contributed by atoms with Crippen molar-refractivity contribution in [3.05, 3.63) is 12.2 Å². The summed E-state index contributed by atoms with van der Waals surface area (Å²) in [6, 6.07) is 0.358. The number of hydrogen-bond acceptors (Lipinski definition) is 5. The molecule has 0 aliphatic carbocycles. The van der Waals surface area contributed by atoms with Gasteiger partial charge in [-0.3, -0.25) is 0 Å². The van der Waals surface area contributed by atoms with Gasteiger partial charge in [-0.1, -0.05) is 0 Å². The standard InChI is InChI=1S/C11H21N5O2S/c1-15(2)19(17,18)7-3-6-12-10-4-5-11-13-9-14-16(11)8-10/h9-10,12H,3-8H2,1-2H3/t10-/m1/s1. The second-order valence-electron chi connectivity index (χ2n) is 5.00. The summed E-state index contributed by atoms with van der Waals surface area (Å²) in [5.74, 6) is 1.22. The molecule has 19 heavy (non-hydrogen) atoms. The second kappa shape index (κ2) is 5.98. The fourth-order valence-corrected chi connectivity index (χ4v) is 3.02. The molecule has 0 saturated heterocycles. The van der Waals surface area contributed by atoms with Gasteiger partial charge in [0, 0.05) is 26.6 Å². The molecule has 0 spiro atoms. The molecule has 0 saturated carbocycles. The van der Waals surface area contributed by atoms with Gasteiger partial charge >= 0.3 is 0 Å². The molecule has 2 rings (SSSR count). The van der Waals surface area contributed by atoms with Crippen molar-refractivity contribution in [2.24, 2.45) is 0 Å². The highest BCUT2D eigenvalue weighted by Gasteiger charge is 2.19. The lowest BCUT2D eigenvalue weighted by molar-refractivity contribution is 0.360. The number of sulfonamides is 1. The molecule has 7 nitrogen and oxygen atoms in total. The molecule has 0 bridgehead atoms. The summed E-state index contributed by atoms with van der Waals surface area (Å²) in [7, 11) is 0.0561. The number of nitrogens with one attached hydrogen (secondary N) is 1. The van der Waals surface area contributed by atoms with Crippen molar-refractivity contribution in [3.8, 4) is 0 Å². The molecule has 0 unspecified atom stereocenters. The van der Waals surface area contributed by atoms with Gasteiger partial charge in [0.25, 0.3) is 0 Å². The van der Waals surface area contributed by atoms with Gasteiger partial charge in [0.2, 0.25) is 10.0 Å². The first-order valence-corrected chi connectivity index (χ1v) is 8.10. The zero-order valence-electron chi connectivity index (χ0n) is 11.4. The fourth-order valence-electron chi connectivity index (χ4n) is 2.15. The van der Waals surface area contributed by atoms with E-state index in [0.717, 1.165) is 25.2 Å². The third kappa shape index (κ3) is 3.74. The van der Waals surface area contributed by atoms with Crippen LogP contribution in [0, 0.1) is 0 Å². The summed E-state index contributed by atoms with van der Waals surface area (Å²) in [5.41, 5.74) is 0. The van der Waals surface area contributed by atoms with E-state index in [2.05, 4.69) is 15.4 Å². The van der Waals surface area contributed by atoms with E-state index in [1.807, 2.05) is 4.68 Å². The highest BCUT2D eigenvalue weighted by molar-refractivity contribution is 7.89. The Balaban J connectivity index is 1.71. The van der Waals surface area contributed by atoms with Gasteiger partial charge in [-0.2, -0.15) is 5.10 Å². The fraction of sp³-hybridized carbons (Fsp3) is 0.818. The molecule has 1 aromatic rings. The maximum atomic E-state index is 11.6. The maximum absolute atomic E-state index is 11.6. The third-order valence-electron chi connectivity index (χ3n) is 3.37. The van der Waals surface area contributed by atoms with E-state index in [0.29, 0.717) is 19.0 Å². The van der Waals surface area contributed by atoms with Crippen LogP contribution in [0.25, 0.3) is 0 Å². The Bertz CT molecular complexity index is 511. The van der Waals surface area contributed by atoms with Crippen LogP contribution in [0.2, 0.25) is 0 Å². The molecule has 1 aliphatic rings. The number of rotatable bonds is 6. The van der Waals surface area contributed by atoms with Gasteiger partial charge in [-0.15, -0.1) is 0 Å². The van der Waals surface area contributed by atoms with Crippen LogP contribution < -0.4 is 5.32 Å². The van der Waals surface area contributed by atoms with Crippen LogP contribution in [-0.4, -0.2) is 59.9 Å². The molecule has 0 amide bonds. The lowest BCUT2D eigenvalue weighted by Gasteiger charge is -2.23. The predicted octanol–water partition coefficient (Wildman–Crippen LogP) is -0.536. The quantitative estimate of drug-likeness (QED) is 0.711. The van der Waals surface area contributed by atoms with Crippen molar-refractivity contribution in [1.82, 2.24) is 24.4 Å². The average Bonchev–Trinajstić information content (AvgIpc) is 2.81. The van der Waals surface area contributed by atoms with E-state index in [9.17, 15) is 8.42 Å². The zero-order chi connectivity index (χ0) is 13.9. The summed E-state index contributed by atoms with van der Waals surface area (Å²) in [5, 5.41) is 7.55. The lowest BCUT2D eigenvalue weighted by Crippen LogP contribution is -2.39. The smallest absolute Gasteiger partial charge is 0.213 e. The highest BCUT2D eigenvalue weighted by Crippen LogP contribution is 2.11. The Morgan fingerprint density at radius 2 is 2.32 bits per heavy atom. The molecule has 1 N–H and O–H groups in total. The first-order valence-electron chi connectivity index (χ1n) is 6.49. The van der Waals surface area contributed by atoms with Gasteiger partial charge in [0.05, 0.1) is 12.3 Å². The van der Waals surface area contributed by atoms with E-state index in [1.165, 1.54) is 4.31 Å². The molecule has 0 aromatic carbocycles. The molecular weight excluding hydrogens is 266 g/mol. The van der Waals surface area contributed by atoms with Crippen LogP contribution in [0.4, 0.5) is 0 Å². The van der Waals surface area contributed by atoms with E-state index in [1.54, 1.807) is 20.4 Å². The van der Waals surface area contributed by atoms with Crippen molar-refractivity contribution in [2.75, 3.05) is 26.4 Å². The van der Waals surface area contributed by atoms with Crippen molar-refractivity contribution >= 4 is 10.0 Å². The number of nitrogens with zero attached hydrogens (tertiary/aromatic N) is 4. The zero-order valence-corrected chi connectivity index (χ0v) is 12.2. The van der Waals surface area contributed by atoms with Crippen LogP contribution in [0.3, 0.4) is 0 Å². The van der Waals surface area contributed by atoms with Crippen LogP contribution in [0.5, 0.6) is 0 Å². The lowest BCUT2D eigenvalue weighted by atomic mass is 10.1. The number of aromatic nitrogens is 3. The summed E-state index contributed by atoms with van der Waals surface area (Å²) in [4.78, 5) is 4.18. The van der Waals surface area contributed by atoms with Gasteiger partial charge in [-0.05, 0) is 19.4 Å². The minimum Gasteiger partial charge on any atom is -0.312 e. The molecule has 1 atom stereocenters. The van der Waals surface area contributed by atoms with Gasteiger partial charge < -0.3 is 5.32 Å². The molecule has 108 valence electrons. The summed E-state index contributed by atoms with van der Waals surface area (Å²) >= 11 is 0. The minimum absolute atomic E-state index is 0.189. The Morgan fingerprint density at radius 3 is 3.05 bits per heavy atom. The highest BCUT2D eigenvalue weighted by atomic mass is 32.2. The van der Waals surface area contributed by atoms with Crippen molar-refractivity contribution in [3.63, 3.8) is 0 Å². The van der Waals surface area contributed by atoms with Gasteiger partial charge in [-0.25, -0.2) is 22.4 Å². The number of hydrogen-bond donors (Lipinski definition) is 1. The van der Waals surface area contributed by atoms with E-state index in [-0.39, 0.29) is 5.75 Å². The van der Waals surface area contributed by atoms with E-state index in [4.69, 9.17) is 0 Å². The van der Waals surface area contributed by atoms with Gasteiger partial charge in [0.15, 0.2) is 0 Å². The molecule has 0 radical (unpaired) electrons. The average molecular weight is 287 g/mol. The van der Waals surface area contributed by atoms with Crippen LogP contribution in [-0.2, 0) is 23.0 Å². The molecule has 8 heteroatoms. The maximum Gasteiger partial charge on any atom is 0.213 e.